The highest BCUT2D eigenvalue weighted by atomic mass is 127. The molecule has 0 aromatic carbocycles. The third-order valence-corrected chi connectivity index (χ3v) is 3.17. The summed E-state index contributed by atoms with van der Waals surface area (Å²) in [6, 6.07) is 0. The molecule has 88 valence electrons. The number of alkyl halides is 3. The van der Waals surface area contributed by atoms with Crippen molar-refractivity contribution in [1.29, 1.82) is 0 Å². The molecule has 0 fully saturated rings. The predicted molar refractivity (Wildman–Crippen MR) is 58.7 cm³/mol. The normalized spacial score (nSPS) is 11.3. The van der Waals surface area contributed by atoms with E-state index < -0.39 is 11.9 Å². The quantitative estimate of drug-likeness (QED) is 0.359. The van der Waals surface area contributed by atoms with Crippen molar-refractivity contribution < 1.29 is 13.2 Å². The van der Waals surface area contributed by atoms with Crippen molar-refractivity contribution in [3.63, 3.8) is 0 Å². The van der Waals surface area contributed by atoms with Crippen LogP contribution in [0.25, 0.3) is 10.4 Å². The molecule has 1 rings (SSSR count). The van der Waals surface area contributed by atoms with Gasteiger partial charge in [0.05, 0.1) is 3.57 Å². The number of nitrogens with zero attached hydrogens (tertiary/aromatic N) is 5. The summed E-state index contributed by atoms with van der Waals surface area (Å²) in [5.41, 5.74) is 7.57. The molecular formula is C7H7F3IN5. The summed E-state index contributed by atoms with van der Waals surface area (Å²) >= 11 is 1.61. The molecule has 1 heterocycles. The molecule has 9 heteroatoms. The minimum absolute atomic E-state index is 0.0750. The molecule has 0 radical (unpaired) electrons. The average molecular weight is 345 g/mol. The predicted octanol–water partition coefficient (Wildman–Crippen LogP) is 3.13. The van der Waals surface area contributed by atoms with Crippen molar-refractivity contribution >= 4 is 22.6 Å². The van der Waals surface area contributed by atoms with E-state index in [1.807, 2.05) is 0 Å². The van der Waals surface area contributed by atoms with E-state index in [-0.39, 0.29) is 16.7 Å². The largest absolute Gasteiger partial charge is 0.436 e. The first-order valence-electron chi connectivity index (χ1n) is 4.19. The van der Waals surface area contributed by atoms with Gasteiger partial charge in [-0.3, -0.25) is 4.68 Å². The van der Waals surface area contributed by atoms with Gasteiger partial charge in [0, 0.05) is 23.7 Å². The van der Waals surface area contributed by atoms with Gasteiger partial charge in [-0.1, -0.05) is 5.11 Å². The highest BCUT2D eigenvalue weighted by Crippen LogP contribution is 2.32. The van der Waals surface area contributed by atoms with Gasteiger partial charge < -0.3 is 0 Å². The van der Waals surface area contributed by atoms with Gasteiger partial charge in [-0.2, -0.15) is 18.3 Å². The fourth-order valence-corrected chi connectivity index (χ4v) is 1.80. The average Bonchev–Trinajstić information content (AvgIpc) is 2.45. The maximum absolute atomic E-state index is 12.5. The van der Waals surface area contributed by atoms with Crippen molar-refractivity contribution in [2.45, 2.75) is 19.6 Å². The maximum Gasteiger partial charge on any atom is 0.436 e. The first kappa shape index (κ1) is 13.1. The summed E-state index contributed by atoms with van der Waals surface area (Å²) in [6.45, 7) is 1.76. The Hall–Kier alpha value is -0.960. The summed E-state index contributed by atoms with van der Waals surface area (Å²) in [5.74, 6) is 0. The fourth-order valence-electron chi connectivity index (χ4n) is 1.11. The second-order valence-corrected chi connectivity index (χ2v) is 4.00. The van der Waals surface area contributed by atoms with Crippen LogP contribution in [0.3, 0.4) is 0 Å². The Labute approximate surface area is 102 Å². The summed E-state index contributed by atoms with van der Waals surface area (Å²) in [5, 5.41) is 6.70. The van der Waals surface area contributed by atoms with E-state index in [9.17, 15) is 13.2 Å². The third kappa shape index (κ3) is 2.79. The lowest BCUT2D eigenvalue weighted by molar-refractivity contribution is -0.142. The fraction of sp³-hybridized carbons (Fsp3) is 0.571. The Kier molecular flexibility index (Phi) is 4.03. The molecular weight excluding hydrogens is 338 g/mol. The van der Waals surface area contributed by atoms with E-state index in [2.05, 4.69) is 15.1 Å². The summed E-state index contributed by atoms with van der Waals surface area (Å²) in [6.07, 6.45) is -4.45. The van der Waals surface area contributed by atoms with Crippen LogP contribution in [0, 0.1) is 10.5 Å². The first-order chi connectivity index (χ1) is 7.38. The lowest BCUT2D eigenvalue weighted by atomic mass is 10.3. The van der Waals surface area contributed by atoms with Gasteiger partial charge in [0.15, 0.2) is 5.69 Å². The van der Waals surface area contributed by atoms with Crippen molar-refractivity contribution in [3.8, 4) is 0 Å². The molecule has 0 aliphatic rings. The number of aromatic nitrogens is 2. The van der Waals surface area contributed by atoms with Crippen molar-refractivity contribution in [2.24, 2.45) is 5.11 Å². The molecule has 0 atom stereocenters. The molecule has 0 saturated heterocycles. The van der Waals surface area contributed by atoms with Crippen LogP contribution < -0.4 is 0 Å². The maximum atomic E-state index is 12.5. The molecule has 0 amide bonds. The van der Waals surface area contributed by atoms with Gasteiger partial charge in [-0.05, 0) is 35.0 Å². The van der Waals surface area contributed by atoms with Crippen molar-refractivity contribution in [3.05, 3.63) is 25.4 Å². The van der Waals surface area contributed by atoms with Crippen LogP contribution in [0.2, 0.25) is 0 Å². The van der Waals surface area contributed by atoms with Gasteiger partial charge in [-0.25, -0.2) is 0 Å². The first-order valence-corrected chi connectivity index (χ1v) is 5.26. The van der Waals surface area contributed by atoms with Crippen LogP contribution >= 0.6 is 22.6 Å². The lowest BCUT2D eigenvalue weighted by Crippen LogP contribution is -2.10. The van der Waals surface area contributed by atoms with E-state index >= 15 is 0 Å². The minimum Gasteiger partial charge on any atom is -0.268 e. The minimum atomic E-state index is -4.45. The Balaban J connectivity index is 3.00. The molecule has 0 unspecified atom stereocenters. The third-order valence-electron chi connectivity index (χ3n) is 1.88. The molecule has 0 bridgehead atoms. The van der Waals surface area contributed by atoms with Gasteiger partial charge in [-0.15, -0.1) is 0 Å². The second-order valence-electron chi connectivity index (χ2n) is 2.92. The van der Waals surface area contributed by atoms with Crippen LogP contribution in [-0.2, 0) is 12.7 Å². The smallest absolute Gasteiger partial charge is 0.268 e. The summed E-state index contributed by atoms with van der Waals surface area (Å²) < 4.78 is 38.7. The monoisotopic (exact) mass is 345 g/mol. The van der Waals surface area contributed by atoms with Crippen LogP contribution in [0.1, 0.15) is 11.4 Å². The molecule has 16 heavy (non-hydrogen) atoms. The summed E-state index contributed by atoms with van der Waals surface area (Å²) in [4.78, 5) is 2.52. The Morgan fingerprint density at radius 3 is 2.62 bits per heavy atom. The standard InChI is InChI=1S/C7H7F3IN5/c1-4-5(11)6(7(8,9)10)14-16(4)3-2-13-15-12/h2-3H2,1H3. The SMILES string of the molecule is Cc1c(I)c(C(F)(F)F)nn1CCN=[N+]=[N-]. The summed E-state index contributed by atoms with van der Waals surface area (Å²) in [7, 11) is 0. The highest BCUT2D eigenvalue weighted by molar-refractivity contribution is 14.1. The highest BCUT2D eigenvalue weighted by Gasteiger charge is 2.37. The molecule has 0 N–H and O–H groups in total. The van der Waals surface area contributed by atoms with Gasteiger partial charge in [0.25, 0.3) is 0 Å². The number of rotatable bonds is 3. The molecule has 0 spiro atoms. The zero-order valence-electron chi connectivity index (χ0n) is 8.16. The molecule has 0 aliphatic carbocycles. The lowest BCUT2D eigenvalue weighted by Gasteiger charge is -2.01. The van der Waals surface area contributed by atoms with Crippen LogP contribution in [0.15, 0.2) is 5.11 Å². The van der Waals surface area contributed by atoms with E-state index in [0.29, 0.717) is 5.69 Å². The number of hydrogen-bond donors (Lipinski definition) is 0. The van der Waals surface area contributed by atoms with Crippen molar-refractivity contribution in [1.82, 2.24) is 9.78 Å². The van der Waals surface area contributed by atoms with E-state index in [4.69, 9.17) is 5.53 Å². The Bertz CT molecular complexity index is 432. The van der Waals surface area contributed by atoms with Crippen LogP contribution in [0.5, 0.6) is 0 Å². The molecule has 0 aliphatic heterocycles. The Morgan fingerprint density at radius 1 is 1.56 bits per heavy atom. The number of hydrogen-bond acceptors (Lipinski definition) is 2. The topological polar surface area (TPSA) is 66.6 Å². The van der Waals surface area contributed by atoms with E-state index in [1.54, 1.807) is 29.5 Å². The van der Waals surface area contributed by atoms with Crippen LogP contribution in [0.4, 0.5) is 13.2 Å². The Morgan fingerprint density at radius 2 is 2.19 bits per heavy atom. The van der Waals surface area contributed by atoms with Gasteiger partial charge in [0.1, 0.15) is 0 Å². The van der Waals surface area contributed by atoms with Gasteiger partial charge >= 0.3 is 6.18 Å². The number of halogens is 4. The second kappa shape index (κ2) is 4.91. The van der Waals surface area contributed by atoms with Crippen molar-refractivity contribution in [2.75, 3.05) is 6.54 Å². The van der Waals surface area contributed by atoms with Gasteiger partial charge in [0.2, 0.25) is 0 Å². The van der Waals surface area contributed by atoms with E-state index in [0.717, 1.165) is 0 Å². The molecule has 0 saturated carbocycles. The molecule has 5 nitrogen and oxygen atoms in total. The zero-order chi connectivity index (χ0) is 12.3. The van der Waals surface area contributed by atoms with E-state index in [1.165, 1.54) is 4.68 Å². The molecule has 1 aromatic rings. The number of azide groups is 1. The van der Waals surface area contributed by atoms with Crippen LogP contribution in [-0.4, -0.2) is 16.3 Å². The zero-order valence-corrected chi connectivity index (χ0v) is 10.3. The molecule has 1 aromatic heterocycles.